The molecular formula is C71H69N4OPt-3. The fraction of sp³-hybridized carbons (Fsp3) is 0.239. The molecule has 0 fully saturated rings. The molecule has 1 aliphatic heterocycles. The first-order valence-electron chi connectivity index (χ1n) is 26.8. The number of fused-ring (bicyclic) bond motifs is 4. The van der Waals surface area contributed by atoms with Gasteiger partial charge in [-0.05, 0) is 103 Å². The smallest absolute Gasteiger partial charge is 0.135 e. The molecule has 0 saturated heterocycles. The number of anilines is 4. The number of para-hydroxylation sites is 2. The van der Waals surface area contributed by atoms with Gasteiger partial charge in [-0.2, -0.15) is 6.07 Å². The van der Waals surface area contributed by atoms with E-state index in [0.717, 1.165) is 55.9 Å². The van der Waals surface area contributed by atoms with Gasteiger partial charge >= 0.3 is 0 Å². The van der Waals surface area contributed by atoms with Gasteiger partial charge in [0.15, 0.2) is 0 Å². The van der Waals surface area contributed by atoms with Crippen LogP contribution in [0.2, 0.25) is 0 Å². The fourth-order valence-corrected chi connectivity index (χ4v) is 10.9. The van der Waals surface area contributed by atoms with E-state index in [0.29, 0.717) is 11.5 Å². The molecule has 5 nitrogen and oxygen atoms in total. The van der Waals surface area contributed by atoms with Gasteiger partial charge in [-0.3, -0.25) is 0 Å². The summed E-state index contributed by atoms with van der Waals surface area (Å²) < 4.78 is 9.34. The third kappa shape index (κ3) is 9.93. The number of benzene rings is 8. The predicted octanol–water partition coefficient (Wildman–Crippen LogP) is 18.6. The Morgan fingerprint density at radius 2 is 0.922 bits per heavy atom. The van der Waals surface area contributed by atoms with Crippen molar-refractivity contribution in [3.63, 3.8) is 0 Å². The van der Waals surface area contributed by atoms with E-state index in [9.17, 15) is 0 Å². The van der Waals surface area contributed by atoms with E-state index >= 15 is 0 Å². The zero-order valence-electron chi connectivity index (χ0n) is 46.6. The minimum Gasteiger partial charge on any atom is -0.509 e. The topological polar surface area (TPSA) is 33.5 Å². The maximum atomic E-state index is 7.09. The standard InChI is InChI=1S/C71H69N4O.Pt/c1-67(2,3)51-32-35-62-61(43-51)60-34-33-58(46-65(60)75(62)66-44-52(36-37-72-66)68(4,5)6)76-59-42-55(71(11,12)50-28-20-15-21-29-50)41-57(45-59)74-47-73(63-30-22-23-31-64(63)74)56-39-53(69(7,8)48-24-16-13-17-25-48)38-54(40-56)70(9,10)49-26-18-14-19-27-49;/h13-44,47H,1-12H3;/q-3;. The van der Waals surface area contributed by atoms with Crippen LogP contribution >= 0.6 is 0 Å². The maximum Gasteiger partial charge on any atom is 0.135 e. The maximum absolute atomic E-state index is 7.09. The Hall–Kier alpha value is -7.20. The van der Waals surface area contributed by atoms with Crippen LogP contribution in [0.3, 0.4) is 0 Å². The molecule has 0 atom stereocenters. The quantitative estimate of drug-likeness (QED) is 0.121. The normalized spacial score (nSPS) is 13.2. The molecule has 0 aliphatic carbocycles. The van der Waals surface area contributed by atoms with Gasteiger partial charge in [0.05, 0.1) is 0 Å². The van der Waals surface area contributed by atoms with E-state index in [4.69, 9.17) is 9.72 Å². The molecule has 0 spiro atoms. The van der Waals surface area contributed by atoms with Crippen LogP contribution in [0.5, 0.6) is 11.5 Å². The molecule has 11 rings (SSSR count). The number of ether oxygens (including phenoxy) is 1. The van der Waals surface area contributed by atoms with Crippen LogP contribution in [0.25, 0.3) is 27.6 Å². The summed E-state index contributed by atoms with van der Waals surface area (Å²) in [5, 5.41) is 2.25. The number of aromatic nitrogens is 2. The molecule has 392 valence electrons. The third-order valence-corrected chi connectivity index (χ3v) is 16.1. The Morgan fingerprint density at radius 3 is 1.47 bits per heavy atom. The van der Waals surface area contributed by atoms with E-state index in [-0.39, 0.29) is 42.7 Å². The molecule has 6 heteroatoms. The van der Waals surface area contributed by atoms with E-state index < -0.39 is 5.41 Å². The Labute approximate surface area is 471 Å². The van der Waals surface area contributed by atoms with Gasteiger partial charge in [0.1, 0.15) is 5.82 Å². The van der Waals surface area contributed by atoms with Crippen molar-refractivity contribution >= 4 is 44.6 Å². The van der Waals surface area contributed by atoms with Crippen molar-refractivity contribution in [3.05, 3.63) is 258 Å². The van der Waals surface area contributed by atoms with E-state index in [1.165, 1.54) is 38.9 Å². The molecule has 1 aliphatic rings. The summed E-state index contributed by atoms with van der Waals surface area (Å²) in [4.78, 5) is 9.62. The first-order chi connectivity index (χ1) is 36.2. The molecule has 77 heavy (non-hydrogen) atoms. The van der Waals surface area contributed by atoms with Crippen LogP contribution in [0.4, 0.5) is 22.7 Å². The first-order valence-corrected chi connectivity index (χ1v) is 26.8. The van der Waals surface area contributed by atoms with Crippen LogP contribution < -0.4 is 14.5 Å². The minimum absolute atomic E-state index is 0. The predicted molar refractivity (Wildman–Crippen MR) is 317 cm³/mol. The second kappa shape index (κ2) is 20.0. The monoisotopic (exact) mass is 1190 g/mol. The zero-order chi connectivity index (χ0) is 53.4. The summed E-state index contributed by atoms with van der Waals surface area (Å²) in [6.07, 6.45) is 1.93. The van der Waals surface area contributed by atoms with Crippen molar-refractivity contribution in [3.8, 4) is 17.3 Å². The molecule has 0 amide bonds. The third-order valence-electron chi connectivity index (χ3n) is 16.1. The second-order valence-electron chi connectivity index (χ2n) is 24.4. The molecule has 10 aromatic rings. The fourth-order valence-electron chi connectivity index (χ4n) is 10.9. The van der Waals surface area contributed by atoms with Crippen LogP contribution in [0.1, 0.15) is 128 Å². The van der Waals surface area contributed by atoms with Crippen LogP contribution in [-0.4, -0.2) is 9.55 Å². The van der Waals surface area contributed by atoms with E-state index in [1.807, 2.05) is 6.20 Å². The summed E-state index contributed by atoms with van der Waals surface area (Å²) >= 11 is 0. The van der Waals surface area contributed by atoms with Gasteiger partial charge in [0, 0.05) is 72.2 Å². The SMILES string of the molecule is CC(C)(C)c1ccnc(-n2c3[c-]c(Oc4[c-]c(N5[CH-]N(c6cc(C(C)(C)c7ccccc7)cc(C(C)(C)c7ccccc7)c6)c6ccccc65)cc(C(C)(C)c5ccccc5)c4)ccc3c3cc(C(C)(C)C)ccc32)c1.[Pt]. The molecule has 2 aromatic heterocycles. The summed E-state index contributed by atoms with van der Waals surface area (Å²) in [5.74, 6) is 2.04. The van der Waals surface area contributed by atoms with Crippen LogP contribution in [0, 0.1) is 18.8 Å². The largest absolute Gasteiger partial charge is 0.509 e. The molecule has 3 heterocycles. The molecular weight excluding hydrogens is 1120 g/mol. The van der Waals surface area contributed by atoms with Gasteiger partial charge in [-0.25, -0.2) is 4.98 Å². The molecule has 0 bridgehead atoms. The molecule has 8 aromatic carbocycles. The van der Waals surface area contributed by atoms with Gasteiger partial charge < -0.3 is 19.1 Å². The Bertz CT molecular complexity index is 3700. The van der Waals surface area contributed by atoms with Gasteiger partial charge in [-0.1, -0.05) is 210 Å². The van der Waals surface area contributed by atoms with Crippen molar-refractivity contribution in [1.29, 1.82) is 0 Å². The van der Waals surface area contributed by atoms with Gasteiger partial charge in [-0.15, -0.1) is 53.6 Å². The number of hydrogen-bond donors (Lipinski definition) is 0. The zero-order valence-corrected chi connectivity index (χ0v) is 48.8. The number of hydrogen-bond acceptors (Lipinski definition) is 4. The number of nitrogens with zero attached hydrogens (tertiary/aromatic N) is 4. The average molecular weight is 1190 g/mol. The number of rotatable bonds is 11. The molecule has 0 N–H and O–H groups in total. The van der Waals surface area contributed by atoms with Gasteiger partial charge in [0.2, 0.25) is 0 Å². The van der Waals surface area contributed by atoms with Crippen LogP contribution in [0.15, 0.2) is 194 Å². The van der Waals surface area contributed by atoms with Gasteiger partial charge in [0.25, 0.3) is 0 Å². The molecule has 0 radical (unpaired) electrons. The summed E-state index contributed by atoms with van der Waals surface area (Å²) in [7, 11) is 0. The second-order valence-corrected chi connectivity index (χ2v) is 24.4. The van der Waals surface area contributed by atoms with Crippen LogP contribution in [-0.2, 0) is 48.1 Å². The Balaban J connectivity index is 0.00000672. The van der Waals surface area contributed by atoms with E-state index in [2.05, 4.69) is 304 Å². The Morgan fingerprint density at radius 1 is 0.416 bits per heavy atom. The van der Waals surface area contributed by atoms with Crippen molar-refractivity contribution in [2.75, 3.05) is 9.80 Å². The summed E-state index contributed by atoms with van der Waals surface area (Å²) in [6, 6.07) is 75.7. The molecule has 0 unspecified atom stereocenters. The average Bonchev–Trinajstić information content (AvgIpc) is 4.07. The van der Waals surface area contributed by atoms with Crippen molar-refractivity contribution in [1.82, 2.24) is 9.55 Å². The molecule has 0 saturated carbocycles. The minimum atomic E-state index is -0.397. The van der Waals surface area contributed by atoms with Crippen molar-refractivity contribution < 1.29 is 25.8 Å². The summed E-state index contributed by atoms with van der Waals surface area (Å²) in [5.41, 5.74) is 14.8. The van der Waals surface area contributed by atoms with Crippen molar-refractivity contribution in [2.45, 2.75) is 110 Å². The first kappa shape index (κ1) is 53.2. The number of pyridine rings is 1. The summed E-state index contributed by atoms with van der Waals surface area (Å²) in [6.45, 7) is 29.7. The van der Waals surface area contributed by atoms with E-state index in [1.54, 1.807) is 0 Å². The van der Waals surface area contributed by atoms with Crippen molar-refractivity contribution in [2.24, 2.45) is 0 Å². The Kier molecular flexibility index (Phi) is 13.8.